The summed E-state index contributed by atoms with van der Waals surface area (Å²) in [4.78, 5) is 16.1. The molecule has 182 valence electrons. The van der Waals surface area contributed by atoms with Gasteiger partial charge in [-0.25, -0.2) is 19.0 Å². The minimum Gasteiger partial charge on any atom is -0.385 e. The van der Waals surface area contributed by atoms with Crippen LogP contribution in [0, 0.1) is 5.82 Å². The summed E-state index contributed by atoms with van der Waals surface area (Å²) < 4.78 is 85.9. The third-order valence-electron chi connectivity index (χ3n) is 4.56. The van der Waals surface area contributed by atoms with E-state index in [0.29, 0.717) is 6.20 Å². The highest BCUT2D eigenvalue weighted by atomic mass is 35.5. The fourth-order valence-corrected chi connectivity index (χ4v) is 3.06. The molecule has 0 saturated carbocycles. The van der Waals surface area contributed by atoms with Crippen molar-refractivity contribution in [1.82, 2.24) is 5.01 Å². The summed E-state index contributed by atoms with van der Waals surface area (Å²) in [7, 11) is 0. The first kappa shape index (κ1) is 26.5. The van der Waals surface area contributed by atoms with Gasteiger partial charge in [0.1, 0.15) is 31.4 Å². The lowest BCUT2D eigenvalue weighted by Crippen LogP contribution is -2.45. The number of carbonyl (C=O) groups excluding carboxylic acids is 1. The number of halogens is 7. The number of benzene rings is 1. The molecule has 0 aromatic heterocycles. The van der Waals surface area contributed by atoms with Gasteiger partial charge in [-0.3, -0.25) is 9.79 Å². The first-order valence-electron chi connectivity index (χ1n) is 9.11. The van der Waals surface area contributed by atoms with Crippen LogP contribution >= 0.6 is 11.6 Å². The summed E-state index contributed by atoms with van der Waals surface area (Å²) in [5.74, 6) is -0.813. The minimum absolute atomic E-state index is 0.141. The number of anilines is 1. The van der Waals surface area contributed by atoms with Gasteiger partial charge in [0.05, 0.1) is 10.6 Å². The molecule has 1 heterocycles. The summed E-state index contributed by atoms with van der Waals surface area (Å²) in [6.07, 6.45) is -3.98. The molecule has 0 aliphatic carbocycles. The molecule has 1 aromatic carbocycles. The van der Waals surface area contributed by atoms with E-state index in [-0.39, 0.29) is 23.1 Å². The van der Waals surface area contributed by atoms with Crippen molar-refractivity contribution < 1.29 is 35.9 Å². The molecule has 1 aromatic rings. The van der Waals surface area contributed by atoms with E-state index < -0.39 is 58.7 Å². The average Bonchev–Trinajstić information content (AvgIpc) is 2.76. The highest BCUT2D eigenvalue weighted by Crippen LogP contribution is 2.44. The smallest absolute Gasteiger partial charge is 0.385 e. The average molecular weight is 500 g/mol. The maximum Gasteiger partial charge on any atom is 0.407 e. The number of alkyl halides is 5. The van der Waals surface area contributed by atoms with E-state index in [0.717, 1.165) is 25.1 Å². The summed E-state index contributed by atoms with van der Waals surface area (Å²) in [6, 6.07) is 2.82. The second-order valence-corrected chi connectivity index (χ2v) is 7.67. The molecule has 1 aliphatic heterocycles. The number of nitrogens with one attached hydrogen (secondary N) is 1. The Morgan fingerprint density at radius 1 is 1.42 bits per heavy atom. The van der Waals surface area contributed by atoms with Crippen LogP contribution in [0.1, 0.15) is 12.5 Å². The number of hydrogen-bond donors (Lipinski definition) is 3. The number of rotatable bonds is 6. The molecule has 1 atom stereocenters. The number of amidine groups is 1. The van der Waals surface area contributed by atoms with Gasteiger partial charge >= 0.3 is 6.18 Å². The van der Waals surface area contributed by atoms with Crippen molar-refractivity contribution in [2.75, 3.05) is 25.1 Å². The zero-order chi connectivity index (χ0) is 25.2. The van der Waals surface area contributed by atoms with E-state index >= 15 is 0 Å². The molecule has 2 rings (SSSR count). The van der Waals surface area contributed by atoms with E-state index in [1.165, 1.54) is 0 Å². The number of hydrazine groups is 1. The number of nitrogens with zero attached hydrogens (tertiary/aromatic N) is 2. The van der Waals surface area contributed by atoms with Gasteiger partial charge in [-0.2, -0.15) is 13.2 Å². The molecule has 5 N–H and O–H groups in total. The van der Waals surface area contributed by atoms with Crippen LogP contribution in [0.2, 0.25) is 0 Å². The predicted molar refractivity (Wildman–Crippen MR) is 110 cm³/mol. The van der Waals surface area contributed by atoms with Gasteiger partial charge in [-0.1, -0.05) is 18.2 Å². The van der Waals surface area contributed by atoms with Crippen LogP contribution in [0.15, 0.2) is 46.6 Å². The lowest BCUT2D eigenvalue weighted by atomic mass is 9.85. The van der Waals surface area contributed by atoms with Crippen molar-refractivity contribution in [1.29, 1.82) is 0 Å². The third kappa shape index (κ3) is 6.39. The Kier molecular flexibility index (Phi) is 7.71. The standard InChI is InChI=1S/C19H20ClF6N5O2/c1-10(13(20)6-31(28)8-19(24,25)26)16(32)29-11-3-4-14(21)12(5-11)17(2)18(22,23)9-33-7-15(27)30-17/h3-6H,1,7-9,28H2,2H3,(H2,27,30)(H,29,32)/b13-6+/t17-/m1/s1. The van der Waals surface area contributed by atoms with Gasteiger partial charge in [-0.05, 0) is 25.1 Å². The Morgan fingerprint density at radius 2 is 2.06 bits per heavy atom. The van der Waals surface area contributed by atoms with Crippen molar-refractivity contribution in [3.63, 3.8) is 0 Å². The van der Waals surface area contributed by atoms with Crippen LogP contribution in [0.25, 0.3) is 0 Å². The van der Waals surface area contributed by atoms with Crippen LogP contribution in [0.4, 0.5) is 32.0 Å². The Balaban J connectivity index is 2.30. The monoisotopic (exact) mass is 499 g/mol. The lowest BCUT2D eigenvalue weighted by molar-refractivity contribution is -0.140. The predicted octanol–water partition coefficient (Wildman–Crippen LogP) is 3.38. The summed E-state index contributed by atoms with van der Waals surface area (Å²) in [5.41, 5.74) is 1.91. The third-order valence-corrected chi connectivity index (χ3v) is 4.89. The highest BCUT2D eigenvalue weighted by molar-refractivity contribution is 6.35. The molecular formula is C19H20ClF6N5O2. The number of nitrogens with two attached hydrogens (primary N) is 2. The Bertz CT molecular complexity index is 997. The molecule has 0 radical (unpaired) electrons. The number of hydrogen-bond acceptors (Lipinski definition) is 6. The van der Waals surface area contributed by atoms with E-state index in [9.17, 15) is 31.1 Å². The fourth-order valence-electron chi connectivity index (χ4n) is 2.85. The largest absolute Gasteiger partial charge is 0.407 e. The summed E-state index contributed by atoms with van der Waals surface area (Å²) >= 11 is 5.80. The number of ether oxygens (including phenoxy) is 1. The molecule has 14 heteroatoms. The SMILES string of the molecule is C=C(C(=O)Nc1ccc(F)c([C@@]2(C)N=C(N)COCC2(F)F)c1)/C(Cl)=C\N(N)CC(F)(F)F. The Hall–Kier alpha value is -2.77. The van der Waals surface area contributed by atoms with Gasteiger partial charge in [0.15, 0.2) is 5.54 Å². The van der Waals surface area contributed by atoms with Crippen molar-refractivity contribution in [3.8, 4) is 0 Å². The molecule has 7 nitrogen and oxygen atoms in total. The topological polar surface area (TPSA) is 106 Å². The van der Waals surface area contributed by atoms with E-state index in [4.69, 9.17) is 27.9 Å². The summed E-state index contributed by atoms with van der Waals surface area (Å²) in [6.45, 7) is 1.34. The lowest BCUT2D eigenvalue weighted by Gasteiger charge is -2.33. The molecule has 33 heavy (non-hydrogen) atoms. The van der Waals surface area contributed by atoms with Gasteiger partial charge in [0.2, 0.25) is 0 Å². The van der Waals surface area contributed by atoms with Crippen molar-refractivity contribution >= 4 is 29.0 Å². The fraction of sp³-hybridized carbons (Fsp3) is 0.368. The van der Waals surface area contributed by atoms with Gasteiger partial charge in [0, 0.05) is 17.5 Å². The quantitative estimate of drug-likeness (QED) is 0.183. The minimum atomic E-state index is -4.62. The van der Waals surface area contributed by atoms with Gasteiger partial charge in [-0.15, -0.1) is 0 Å². The van der Waals surface area contributed by atoms with Crippen LogP contribution in [0.3, 0.4) is 0 Å². The molecule has 0 saturated heterocycles. The molecule has 0 bridgehead atoms. The maximum atomic E-state index is 14.7. The Morgan fingerprint density at radius 3 is 2.67 bits per heavy atom. The number of aliphatic imine (C=N–C) groups is 1. The number of carbonyl (C=O) groups is 1. The molecule has 1 aliphatic rings. The van der Waals surface area contributed by atoms with E-state index in [1.54, 1.807) is 0 Å². The second kappa shape index (κ2) is 9.61. The van der Waals surface area contributed by atoms with Crippen LogP contribution < -0.4 is 16.9 Å². The van der Waals surface area contributed by atoms with E-state index in [1.807, 2.05) is 0 Å². The second-order valence-electron chi connectivity index (χ2n) is 7.26. The molecule has 0 unspecified atom stereocenters. The van der Waals surface area contributed by atoms with Gasteiger partial charge < -0.3 is 20.8 Å². The molecule has 0 spiro atoms. The van der Waals surface area contributed by atoms with Gasteiger partial charge in [0.25, 0.3) is 11.8 Å². The zero-order valence-corrected chi connectivity index (χ0v) is 17.9. The van der Waals surface area contributed by atoms with E-state index in [2.05, 4.69) is 16.9 Å². The first-order valence-corrected chi connectivity index (χ1v) is 9.49. The highest BCUT2D eigenvalue weighted by Gasteiger charge is 2.54. The number of amides is 1. The Labute approximate surface area is 189 Å². The molecular weight excluding hydrogens is 480 g/mol. The zero-order valence-electron chi connectivity index (χ0n) is 17.1. The first-order chi connectivity index (χ1) is 15.1. The maximum absolute atomic E-state index is 14.7. The normalized spacial score (nSPS) is 21.1. The summed E-state index contributed by atoms with van der Waals surface area (Å²) in [5, 5.41) is 1.94. The van der Waals surface area contributed by atoms with Crippen LogP contribution in [-0.4, -0.2) is 48.6 Å². The van der Waals surface area contributed by atoms with Crippen molar-refractivity contribution in [3.05, 3.63) is 53.0 Å². The van der Waals surface area contributed by atoms with Crippen molar-refractivity contribution in [2.45, 2.75) is 24.6 Å². The molecule has 0 fully saturated rings. The van der Waals surface area contributed by atoms with Crippen molar-refractivity contribution in [2.24, 2.45) is 16.6 Å². The van der Waals surface area contributed by atoms with Crippen LogP contribution in [0.5, 0.6) is 0 Å². The molecule has 1 amide bonds. The van der Waals surface area contributed by atoms with Crippen LogP contribution in [-0.2, 0) is 15.1 Å².